The molecule has 0 spiro atoms. The van der Waals surface area contributed by atoms with Crippen molar-refractivity contribution in [3.8, 4) is 17.1 Å². The molecule has 2 aromatic heterocycles. The summed E-state index contributed by atoms with van der Waals surface area (Å²) in [5.41, 5.74) is 7.37. The van der Waals surface area contributed by atoms with Crippen molar-refractivity contribution < 1.29 is 8.98 Å². The Morgan fingerprint density at radius 3 is 2.54 bits per heavy atom. The van der Waals surface area contributed by atoms with Crippen molar-refractivity contribution in [2.45, 2.75) is 6.92 Å². The molecule has 0 N–H and O–H groups in total. The van der Waals surface area contributed by atoms with Crippen molar-refractivity contribution in [3.63, 3.8) is 0 Å². The molecular weight excluding hydrogens is 322 g/mol. The third-order valence-corrected chi connectivity index (χ3v) is 4.96. The average molecular weight is 340 g/mol. The maximum Gasteiger partial charge on any atom is 0.299 e. The van der Waals surface area contributed by atoms with Crippen LogP contribution in [0.1, 0.15) is 5.56 Å². The Balaban J connectivity index is 1.99. The molecule has 0 atom stereocenters. The van der Waals surface area contributed by atoms with E-state index in [2.05, 4.69) is 82.7 Å². The lowest BCUT2D eigenvalue weighted by molar-refractivity contribution is -0.633. The summed E-state index contributed by atoms with van der Waals surface area (Å²) >= 11 is 0. The van der Waals surface area contributed by atoms with Gasteiger partial charge in [-0.2, -0.15) is 4.57 Å². The quantitative estimate of drug-likeness (QED) is 0.441. The van der Waals surface area contributed by atoms with Gasteiger partial charge >= 0.3 is 0 Å². The van der Waals surface area contributed by atoms with E-state index in [1.807, 2.05) is 12.1 Å². The minimum Gasteiger partial charge on any atom is -0.443 e. The zero-order valence-electron chi connectivity index (χ0n) is 14.7. The highest BCUT2D eigenvalue weighted by Crippen LogP contribution is 2.34. The van der Waals surface area contributed by atoms with Crippen LogP contribution in [0.15, 0.2) is 77.5 Å². The molecule has 0 radical (unpaired) electrons. The van der Waals surface area contributed by atoms with Gasteiger partial charge in [-0.15, -0.1) is 0 Å². The summed E-state index contributed by atoms with van der Waals surface area (Å²) in [5.74, 6) is 1.08. The van der Waals surface area contributed by atoms with Crippen LogP contribution >= 0.6 is 0 Å². The van der Waals surface area contributed by atoms with Crippen LogP contribution in [-0.2, 0) is 7.05 Å². The highest BCUT2D eigenvalue weighted by Gasteiger charge is 2.29. The van der Waals surface area contributed by atoms with Crippen LogP contribution < -0.4 is 4.57 Å². The minimum atomic E-state index is 0.820. The number of imidazole rings is 1. The summed E-state index contributed by atoms with van der Waals surface area (Å²) in [5, 5.41) is 0. The summed E-state index contributed by atoms with van der Waals surface area (Å²) in [6, 6.07) is 23.0. The molecule has 0 saturated carbocycles. The third-order valence-electron chi connectivity index (χ3n) is 4.96. The Morgan fingerprint density at radius 1 is 0.923 bits per heavy atom. The largest absolute Gasteiger partial charge is 0.443 e. The zero-order valence-corrected chi connectivity index (χ0v) is 14.7. The molecule has 0 unspecified atom stereocenters. The number of nitrogens with zero attached hydrogens (tertiary/aromatic N) is 3. The summed E-state index contributed by atoms with van der Waals surface area (Å²) in [7, 11) is 2.10. The van der Waals surface area contributed by atoms with Crippen molar-refractivity contribution in [3.05, 3.63) is 78.7 Å². The molecule has 3 aromatic carbocycles. The van der Waals surface area contributed by atoms with Crippen LogP contribution in [0, 0.1) is 6.92 Å². The van der Waals surface area contributed by atoms with Gasteiger partial charge in [0.1, 0.15) is 16.8 Å². The van der Waals surface area contributed by atoms with Crippen LogP contribution in [0.3, 0.4) is 0 Å². The fourth-order valence-corrected chi connectivity index (χ4v) is 3.74. The number of hydrogen-bond donors (Lipinski definition) is 0. The summed E-state index contributed by atoms with van der Waals surface area (Å²) in [6.45, 7) is 2.12. The predicted octanol–water partition coefficient (Wildman–Crippen LogP) is 4.57. The molecule has 0 aliphatic carbocycles. The molecule has 5 rings (SSSR count). The Bertz CT molecular complexity index is 1250. The molecule has 0 bridgehead atoms. The maximum atomic E-state index is 5.79. The smallest absolute Gasteiger partial charge is 0.299 e. The Hall–Kier alpha value is -3.40. The van der Waals surface area contributed by atoms with Gasteiger partial charge in [0.15, 0.2) is 23.0 Å². The van der Waals surface area contributed by atoms with E-state index in [-0.39, 0.29) is 0 Å². The third kappa shape index (κ3) is 2.02. The highest BCUT2D eigenvalue weighted by atomic mass is 16.3. The summed E-state index contributed by atoms with van der Waals surface area (Å²) in [4.78, 5) is 4.35. The second kappa shape index (κ2) is 5.56. The first-order chi connectivity index (χ1) is 12.8. The first-order valence-corrected chi connectivity index (χ1v) is 8.64. The van der Waals surface area contributed by atoms with E-state index >= 15 is 0 Å². The predicted molar refractivity (Wildman–Crippen MR) is 102 cm³/mol. The number of rotatable bonds is 2. The second-order valence-corrected chi connectivity index (χ2v) is 6.50. The maximum absolute atomic E-state index is 5.79. The molecular formula is C22H18N3O+. The fraction of sp³-hybridized carbons (Fsp3) is 0.0909. The first kappa shape index (κ1) is 14.9. The van der Waals surface area contributed by atoms with Gasteiger partial charge in [-0.25, -0.2) is 9.55 Å². The second-order valence-electron chi connectivity index (χ2n) is 6.50. The molecule has 4 heteroatoms. The SMILES string of the molecule is Cc1ccc2ncoc2c1-c1n(-c2ccccc2)c2ccccc2[n+]1C. The normalized spacial score (nSPS) is 11.5. The lowest BCUT2D eigenvalue weighted by atomic mass is 10.1. The average Bonchev–Trinajstić information content (AvgIpc) is 3.26. The van der Waals surface area contributed by atoms with Crippen LogP contribution in [-0.4, -0.2) is 9.55 Å². The molecule has 0 aliphatic heterocycles. The lowest BCUT2D eigenvalue weighted by Crippen LogP contribution is -2.30. The van der Waals surface area contributed by atoms with Crippen molar-refractivity contribution in [1.29, 1.82) is 0 Å². The van der Waals surface area contributed by atoms with Gasteiger partial charge in [0.2, 0.25) is 0 Å². The molecule has 0 aliphatic rings. The van der Waals surface area contributed by atoms with Gasteiger partial charge in [-0.1, -0.05) is 36.4 Å². The molecule has 126 valence electrons. The van der Waals surface area contributed by atoms with Gasteiger partial charge in [0.05, 0.1) is 7.05 Å². The lowest BCUT2D eigenvalue weighted by Gasteiger charge is -2.06. The topological polar surface area (TPSA) is 34.8 Å². The first-order valence-electron chi connectivity index (χ1n) is 8.64. The zero-order chi connectivity index (χ0) is 17.7. The van der Waals surface area contributed by atoms with E-state index in [0.717, 1.165) is 39.3 Å². The summed E-state index contributed by atoms with van der Waals surface area (Å²) in [6.07, 6.45) is 1.52. The van der Waals surface area contributed by atoms with E-state index < -0.39 is 0 Å². The molecule has 0 fully saturated rings. The van der Waals surface area contributed by atoms with E-state index in [1.165, 1.54) is 11.9 Å². The minimum absolute atomic E-state index is 0.820. The van der Waals surface area contributed by atoms with E-state index in [0.29, 0.717) is 0 Å². The molecule has 0 saturated heterocycles. The Labute approximate surface area is 151 Å². The van der Waals surface area contributed by atoms with E-state index in [9.17, 15) is 0 Å². The van der Waals surface area contributed by atoms with Gasteiger partial charge in [0.25, 0.3) is 5.82 Å². The number of para-hydroxylation sites is 3. The fourth-order valence-electron chi connectivity index (χ4n) is 3.74. The van der Waals surface area contributed by atoms with Gasteiger partial charge in [-0.3, -0.25) is 0 Å². The van der Waals surface area contributed by atoms with Crippen LogP contribution in [0.25, 0.3) is 39.2 Å². The molecule has 4 nitrogen and oxygen atoms in total. The van der Waals surface area contributed by atoms with Gasteiger partial charge in [0, 0.05) is 0 Å². The standard InChI is InChI=1S/C22H18N3O/c1-15-12-13-17-21(26-14-23-17)20(15)22-24(2)18-10-6-7-11-19(18)25(22)16-8-4-3-5-9-16/h3-14H,1-2H3/q+1. The summed E-state index contributed by atoms with van der Waals surface area (Å²) < 4.78 is 10.3. The number of benzene rings is 3. The Morgan fingerprint density at radius 2 is 1.69 bits per heavy atom. The Kier molecular flexibility index (Phi) is 3.19. The molecule has 2 heterocycles. The van der Waals surface area contributed by atoms with Gasteiger partial charge in [-0.05, 0) is 42.8 Å². The van der Waals surface area contributed by atoms with Crippen LogP contribution in [0.2, 0.25) is 0 Å². The van der Waals surface area contributed by atoms with E-state index in [4.69, 9.17) is 4.42 Å². The van der Waals surface area contributed by atoms with Crippen LogP contribution in [0.5, 0.6) is 0 Å². The molecule has 5 aromatic rings. The number of fused-ring (bicyclic) bond motifs is 2. The van der Waals surface area contributed by atoms with Crippen LogP contribution in [0.4, 0.5) is 0 Å². The molecule has 26 heavy (non-hydrogen) atoms. The van der Waals surface area contributed by atoms with E-state index in [1.54, 1.807) is 0 Å². The van der Waals surface area contributed by atoms with Crippen molar-refractivity contribution in [1.82, 2.24) is 9.55 Å². The number of hydrogen-bond acceptors (Lipinski definition) is 2. The van der Waals surface area contributed by atoms with Crippen molar-refractivity contribution in [2.24, 2.45) is 7.05 Å². The number of aromatic nitrogens is 3. The van der Waals surface area contributed by atoms with Crippen molar-refractivity contribution >= 4 is 22.1 Å². The van der Waals surface area contributed by atoms with Gasteiger partial charge < -0.3 is 4.42 Å². The number of aryl methyl sites for hydroxylation is 2. The highest BCUT2D eigenvalue weighted by molar-refractivity contribution is 5.92. The van der Waals surface area contributed by atoms with Crippen molar-refractivity contribution in [2.75, 3.05) is 0 Å². The monoisotopic (exact) mass is 340 g/mol. The number of oxazole rings is 1. The molecule has 0 amide bonds.